The highest BCUT2D eigenvalue weighted by Crippen LogP contribution is 2.23. The van der Waals surface area contributed by atoms with Gasteiger partial charge in [-0.25, -0.2) is 0 Å². The van der Waals surface area contributed by atoms with E-state index in [2.05, 4.69) is 30.9 Å². The van der Waals surface area contributed by atoms with Crippen LogP contribution in [0.1, 0.15) is 26.3 Å². The van der Waals surface area contributed by atoms with E-state index in [0.717, 1.165) is 19.4 Å². The van der Waals surface area contributed by atoms with E-state index >= 15 is 0 Å². The first kappa shape index (κ1) is 12.8. The number of carbonyl (C=O) groups excluding carboxylic acids is 1. The van der Waals surface area contributed by atoms with Crippen LogP contribution in [0, 0.1) is 12.3 Å². The Kier molecular flexibility index (Phi) is 4.11. The summed E-state index contributed by atoms with van der Waals surface area (Å²) in [5, 5.41) is 0. The van der Waals surface area contributed by atoms with E-state index in [4.69, 9.17) is 0 Å². The Morgan fingerprint density at radius 2 is 1.94 bits per heavy atom. The van der Waals surface area contributed by atoms with Crippen LogP contribution in [0.25, 0.3) is 0 Å². The lowest BCUT2D eigenvalue weighted by molar-refractivity contribution is -0.114. The zero-order chi connectivity index (χ0) is 12.2. The van der Waals surface area contributed by atoms with Gasteiger partial charge >= 0.3 is 0 Å². The van der Waals surface area contributed by atoms with Crippen LogP contribution in [0.5, 0.6) is 0 Å². The van der Waals surface area contributed by atoms with Gasteiger partial charge in [0.1, 0.15) is 6.29 Å². The number of anilines is 1. The second kappa shape index (κ2) is 5.15. The zero-order valence-electron chi connectivity index (χ0n) is 10.7. The lowest BCUT2D eigenvalue weighted by atomic mass is 9.94. The first-order valence-corrected chi connectivity index (χ1v) is 5.77. The molecule has 0 saturated heterocycles. The summed E-state index contributed by atoms with van der Waals surface area (Å²) in [5.41, 5.74) is 2.18. The van der Waals surface area contributed by atoms with Crippen molar-refractivity contribution in [3.05, 3.63) is 29.8 Å². The number of aldehydes is 1. The monoisotopic (exact) mass is 219 g/mol. The summed E-state index contributed by atoms with van der Waals surface area (Å²) >= 11 is 0. The van der Waals surface area contributed by atoms with Gasteiger partial charge < -0.3 is 9.69 Å². The number of hydrogen-bond donors (Lipinski definition) is 0. The molecule has 16 heavy (non-hydrogen) atoms. The van der Waals surface area contributed by atoms with Crippen molar-refractivity contribution in [1.82, 2.24) is 0 Å². The molecule has 0 N–H and O–H groups in total. The van der Waals surface area contributed by atoms with Crippen LogP contribution in [0.2, 0.25) is 0 Å². The van der Waals surface area contributed by atoms with Crippen molar-refractivity contribution < 1.29 is 4.79 Å². The van der Waals surface area contributed by atoms with Gasteiger partial charge in [0.2, 0.25) is 0 Å². The average molecular weight is 219 g/mol. The molecule has 0 fully saturated rings. The molecule has 1 rings (SSSR count). The van der Waals surface area contributed by atoms with E-state index in [1.54, 1.807) is 0 Å². The Labute approximate surface area is 98.3 Å². The predicted molar refractivity (Wildman–Crippen MR) is 68.9 cm³/mol. The molecule has 0 aliphatic rings. The standard InChI is InChI=1S/C14H21NO/c1-5-15(10-14(3,4)11-16)13-9-7-6-8-12(13)2/h6-9,11H,5,10H2,1-4H3. The summed E-state index contributed by atoms with van der Waals surface area (Å²) < 4.78 is 0. The fraction of sp³-hybridized carbons (Fsp3) is 0.500. The summed E-state index contributed by atoms with van der Waals surface area (Å²) in [6.45, 7) is 9.85. The van der Waals surface area contributed by atoms with E-state index < -0.39 is 0 Å². The van der Waals surface area contributed by atoms with Crippen LogP contribution in [0.4, 0.5) is 5.69 Å². The van der Waals surface area contributed by atoms with Gasteiger partial charge in [0, 0.05) is 24.2 Å². The summed E-state index contributed by atoms with van der Waals surface area (Å²) in [7, 11) is 0. The predicted octanol–water partition coefficient (Wildman–Crippen LogP) is 3.05. The van der Waals surface area contributed by atoms with Crippen LogP contribution in [0.3, 0.4) is 0 Å². The number of rotatable bonds is 5. The van der Waals surface area contributed by atoms with Gasteiger partial charge in [-0.05, 0) is 25.5 Å². The van der Waals surface area contributed by atoms with Crippen LogP contribution >= 0.6 is 0 Å². The van der Waals surface area contributed by atoms with Gasteiger partial charge in [-0.1, -0.05) is 32.0 Å². The maximum absolute atomic E-state index is 11.0. The molecule has 0 saturated carbocycles. The normalized spacial score (nSPS) is 11.2. The number of carbonyl (C=O) groups is 1. The molecule has 0 aliphatic heterocycles. The molecule has 1 aromatic rings. The van der Waals surface area contributed by atoms with Gasteiger partial charge in [0.05, 0.1) is 0 Å². The minimum absolute atomic E-state index is 0.293. The lowest BCUT2D eigenvalue weighted by Crippen LogP contribution is -2.35. The topological polar surface area (TPSA) is 20.3 Å². The van der Waals surface area contributed by atoms with Crippen molar-refractivity contribution in [3.63, 3.8) is 0 Å². The highest BCUT2D eigenvalue weighted by molar-refractivity contribution is 5.61. The largest absolute Gasteiger partial charge is 0.371 e. The van der Waals surface area contributed by atoms with Crippen molar-refractivity contribution in [3.8, 4) is 0 Å². The molecule has 2 heteroatoms. The smallest absolute Gasteiger partial charge is 0.127 e. The fourth-order valence-corrected chi connectivity index (χ4v) is 1.81. The zero-order valence-corrected chi connectivity index (χ0v) is 10.7. The first-order chi connectivity index (χ1) is 7.50. The molecule has 1 aromatic carbocycles. The minimum Gasteiger partial charge on any atom is -0.371 e. The maximum Gasteiger partial charge on any atom is 0.127 e. The minimum atomic E-state index is -0.293. The summed E-state index contributed by atoms with van der Waals surface area (Å²) in [6, 6.07) is 8.29. The molecular weight excluding hydrogens is 198 g/mol. The quantitative estimate of drug-likeness (QED) is 0.709. The number of benzene rings is 1. The van der Waals surface area contributed by atoms with Gasteiger partial charge in [-0.3, -0.25) is 0 Å². The first-order valence-electron chi connectivity index (χ1n) is 5.77. The molecule has 0 spiro atoms. The Balaban J connectivity index is 2.91. The Morgan fingerprint density at radius 1 is 1.31 bits per heavy atom. The van der Waals surface area contributed by atoms with Crippen molar-refractivity contribution in [1.29, 1.82) is 0 Å². The van der Waals surface area contributed by atoms with Crippen LogP contribution in [-0.2, 0) is 4.79 Å². The van der Waals surface area contributed by atoms with Crippen LogP contribution in [-0.4, -0.2) is 19.4 Å². The fourth-order valence-electron chi connectivity index (χ4n) is 1.81. The molecule has 0 aromatic heterocycles. The molecule has 0 amide bonds. The third kappa shape index (κ3) is 3.09. The number of nitrogens with zero attached hydrogens (tertiary/aromatic N) is 1. The molecular formula is C14H21NO. The van der Waals surface area contributed by atoms with E-state index in [0.29, 0.717) is 0 Å². The van der Waals surface area contributed by atoms with Crippen molar-refractivity contribution in [2.24, 2.45) is 5.41 Å². The average Bonchev–Trinajstić information content (AvgIpc) is 2.27. The second-order valence-electron chi connectivity index (χ2n) is 4.91. The van der Waals surface area contributed by atoms with Gasteiger partial charge in [-0.15, -0.1) is 0 Å². The van der Waals surface area contributed by atoms with Crippen molar-refractivity contribution in [2.75, 3.05) is 18.0 Å². The van der Waals surface area contributed by atoms with E-state index in [1.165, 1.54) is 11.3 Å². The van der Waals surface area contributed by atoms with E-state index in [9.17, 15) is 4.79 Å². The van der Waals surface area contributed by atoms with Gasteiger partial charge in [0.25, 0.3) is 0 Å². The Morgan fingerprint density at radius 3 is 2.44 bits per heavy atom. The Bertz CT molecular complexity index is 358. The van der Waals surface area contributed by atoms with Crippen molar-refractivity contribution in [2.45, 2.75) is 27.7 Å². The van der Waals surface area contributed by atoms with Crippen LogP contribution in [0.15, 0.2) is 24.3 Å². The highest BCUT2D eigenvalue weighted by atomic mass is 16.1. The summed E-state index contributed by atoms with van der Waals surface area (Å²) in [6.07, 6.45) is 1.04. The number of aryl methyl sites for hydroxylation is 1. The molecule has 0 unspecified atom stereocenters. The van der Waals surface area contributed by atoms with E-state index in [1.807, 2.05) is 26.0 Å². The van der Waals surface area contributed by atoms with Gasteiger partial charge in [0.15, 0.2) is 0 Å². The second-order valence-corrected chi connectivity index (χ2v) is 4.91. The Hall–Kier alpha value is -1.31. The maximum atomic E-state index is 11.0. The molecule has 0 atom stereocenters. The highest BCUT2D eigenvalue weighted by Gasteiger charge is 2.21. The SMILES string of the molecule is CCN(CC(C)(C)C=O)c1ccccc1C. The molecule has 88 valence electrons. The number of hydrogen-bond acceptors (Lipinski definition) is 2. The molecule has 0 aliphatic carbocycles. The molecule has 0 bridgehead atoms. The molecule has 0 heterocycles. The van der Waals surface area contributed by atoms with Gasteiger partial charge in [-0.2, -0.15) is 0 Å². The lowest BCUT2D eigenvalue weighted by Gasteiger charge is -2.31. The summed E-state index contributed by atoms with van der Waals surface area (Å²) in [4.78, 5) is 13.2. The molecule has 0 radical (unpaired) electrons. The third-order valence-corrected chi connectivity index (χ3v) is 2.76. The van der Waals surface area contributed by atoms with Crippen LogP contribution < -0.4 is 4.90 Å². The van der Waals surface area contributed by atoms with E-state index in [-0.39, 0.29) is 5.41 Å². The number of para-hydroxylation sites is 1. The molecule has 2 nitrogen and oxygen atoms in total. The van der Waals surface area contributed by atoms with Crippen molar-refractivity contribution >= 4 is 12.0 Å². The third-order valence-electron chi connectivity index (χ3n) is 2.76. The summed E-state index contributed by atoms with van der Waals surface area (Å²) in [5.74, 6) is 0.